The molecule has 0 spiro atoms. The molecular formula is C8H17NO2. The van der Waals surface area contributed by atoms with Crippen molar-refractivity contribution in [1.29, 1.82) is 0 Å². The van der Waals surface area contributed by atoms with E-state index in [0.29, 0.717) is 0 Å². The monoisotopic (exact) mass is 159 g/mol. The normalized spacial score (nSPS) is 32.2. The molecule has 1 unspecified atom stereocenters. The third-order valence-electron chi connectivity index (χ3n) is 2.44. The molecule has 2 N–H and O–H groups in total. The van der Waals surface area contributed by atoms with Gasteiger partial charge in [0.25, 0.3) is 0 Å². The van der Waals surface area contributed by atoms with Gasteiger partial charge < -0.3 is 15.2 Å². The predicted molar refractivity (Wildman–Crippen MR) is 43.5 cm³/mol. The van der Waals surface area contributed by atoms with Crippen molar-refractivity contribution in [3.05, 3.63) is 0 Å². The second kappa shape index (κ2) is 4.04. The van der Waals surface area contributed by atoms with Gasteiger partial charge in [0.1, 0.15) is 0 Å². The lowest BCUT2D eigenvalue weighted by Gasteiger charge is -2.36. The largest absolute Gasteiger partial charge is 0.396 e. The Morgan fingerprint density at radius 2 is 2.45 bits per heavy atom. The Labute approximate surface area is 67.7 Å². The molecular weight excluding hydrogens is 142 g/mol. The predicted octanol–water partition coefficient (Wildman–Crippen LogP) is 0.137. The van der Waals surface area contributed by atoms with Crippen LogP contribution in [0.3, 0.4) is 0 Å². The highest BCUT2D eigenvalue weighted by molar-refractivity contribution is 4.88. The highest BCUT2D eigenvalue weighted by atomic mass is 16.5. The van der Waals surface area contributed by atoms with Gasteiger partial charge in [0, 0.05) is 18.8 Å². The van der Waals surface area contributed by atoms with Gasteiger partial charge in [0.05, 0.1) is 6.61 Å². The zero-order valence-electron chi connectivity index (χ0n) is 7.10. The molecule has 0 aromatic heterocycles. The third kappa shape index (κ3) is 2.15. The molecule has 0 saturated carbocycles. The van der Waals surface area contributed by atoms with Crippen molar-refractivity contribution in [3.8, 4) is 0 Å². The van der Waals surface area contributed by atoms with Crippen LogP contribution in [0.4, 0.5) is 0 Å². The quantitative estimate of drug-likeness (QED) is 0.615. The van der Waals surface area contributed by atoms with E-state index in [9.17, 15) is 0 Å². The minimum atomic E-state index is 0.0486. The number of rotatable bonds is 3. The lowest BCUT2D eigenvalue weighted by molar-refractivity contribution is 0.0124. The highest BCUT2D eigenvalue weighted by Gasteiger charge is 2.29. The van der Waals surface area contributed by atoms with Crippen molar-refractivity contribution < 1.29 is 9.84 Å². The Bertz CT molecular complexity index is 105. The summed E-state index contributed by atoms with van der Waals surface area (Å²) in [6.07, 6.45) is 3.01. The summed E-state index contributed by atoms with van der Waals surface area (Å²) in [5, 5.41) is 12.1. The van der Waals surface area contributed by atoms with Crippen LogP contribution in [-0.2, 0) is 4.74 Å². The van der Waals surface area contributed by atoms with Gasteiger partial charge in [0.2, 0.25) is 0 Å². The van der Waals surface area contributed by atoms with Crippen molar-refractivity contribution >= 4 is 0 Å². The molecule has 1 heterocycles. The Hall–Kier alpha value is -0.120. The summed E-state index contributed by atoms with van der Waals surface area (Å²) >= 11 is 0. The van der Waals surface area contributed by atoms with Gasteiger partial charge in [-0.25, -0.2) is 0 Å². The molecule has 1 saturated heterocycles. The second-order valence-electron chi connectivity index (χ2n) is 3.16. The first-order valence-electron chi connectivity index (χ1n) is 4.20. The fourth-order valence-corrected chi connectivity index (χ4v) is 1.59. The number of nitrogens with one attached hydrogen (secondary N) is 1. The minimum Gasteiger partial charge on any atom is -0.396 e. The molecule has 0 radical (unpaired) electrons. The molecule has 0 bridgehead atoms. The van der Waals surface area contributed by atoms with E-state index in [1.165, 1.54) is 0 Å². The van der Waals surface area contributed by atoms with Crippen LogP contribution in [0, 0.1) is 0 Å². The molecule has 1 atom stereocenters. The van der Waals surface area contributed by atoms with E-state index in [2.05, 4.69) is 5.32 Å². The first-order chi connectivity index (χ1) is 5.33. The van der Waals surface area contributed by atoms with Crippen LogP contribution in [-0.4, -0.2) is 37.5 Å². The van der Waals surface area contributed by atoms with E-state index in [1.807, 2.05) is 7.05 Å². The maximum absolute atomic E-state index is 8.82. The zero-order valence-corrected chi connectivity index (χ0v) is 7.10. The molecule has 1 rings (SSSR count). The number of aliphatic hydroxyl groups excluding tert-OH is 1. The fraction of sp³-hybridized carbons (Fsp3) is 1.00. The van der Waals surface area contributed by atoms with E-state index in [1.54, 1.807) is 0 Å². The van der Waals surface area contributed by atoms with Gasteiger partial charge in [-0.3, -0.25) is 0 Å². The van der Waals surface area contributed by atoms with Crippen molar-refractivity contribution in [2.24, 2.45) is 0 Å². The lowest BCUT2D eigenvalue weighted by Crippen LogP contribution is -2.50. The van der Waals surface area contributed by atoms with Crippen LogP contribution in [0.15, 0.2) is 0 Å². The van der Waals surface area contributed by atoms with E-state index in [0.717, 1.165) is 32.5 Å². The van der Waals surface area contributed by atoms with E-state index >= 15 is 0 Å². The lowest BCUT2D eigenvalue weighted by atomic mass is 9.89. The average Bonchev–Trinajstić information content (AvgIpc) is 2.07. The van der Waals surface area contributed by atoms with Crippen LogP contribution in [0.2, 0.25) is 0 Å². The SMILES string of the molecule is CNC1(CCO)CCCOC1. The average molecular weight is 159 g/mol. The van der Waals surface area contributed by atoms with Crippen LogP contribution >= 0.6 is 0 Å². The number of hydrogen-bond acceptors (Lipinski definition) is 3. The number of likely N-dealkylation sites (N-methyl/N-ethyl adjacent to an activating group) is 1. The maximum Gasteiger partial charge on any atom is 0.0649 e. The van der Waals surface area contributed by atoms with E-state index < -0.39 is 0 Å². The van der Waals surface area contributed by atoms with E-state index in [-0.39, 0.29) is 12.1 Å². The van der Waals surface area contributed by atoms with Crippen LogP contribution in [0.1, 0.15) is 19.3 Å². The van der Waals surface area contributed by atoms with Crippen molar-refractivity contribution in [2.45, 2.75) is 24.8 Å². The molecule has 1 aliphatic heterocycles. The van der Waals surface area contributed by atoms with Gasteiger partial charge >= 0.3 is 0 Å². The first-order valence-corrected chi connectivity index (χ1v) is 4.20. The van der Waals surface area contributed by atoms with Crippen LogP contribution in [0.25, 0.3) is 0 Å². The molecule has 0 aromatic carbocycles. The third-order valence-corrected chi connectivity index (χ3v) is 2.44. The Morgan fingerprint density at radius 3 is 2.91 bits per heavy atom. The van der Waals surface area contributed by atoms with Crippen LogP contribution < -0.4 is 5.32 Å². The summed E-state index contributed by atoms with van der Waals surface area (Å²) in [7, 11) is 1.93. The minimum absolute atomic E-state index is 0.0486. The summed E-state index contributed by atoms with van der Waals surface area (Å²) in [6.45, 7) is 1.85. The molecule has 1 fully saturated rings. The van der Waals surface area contributed by atoms with Crippen molar-refractivity contribution in [3.63, 3.8) is 0 Å². The summed E-state index contributed by atoms with van der Waals surface area (Å²) < 4.78 is 5.36. The molecule has 66 valence electrons. The Kier molecular flexibility index (Phi) is 3.30. The standard InChI is InChI=1S/C8H17NO2/c1-9-8(4-5-10)3-2-6-11-7-8/h9-10H,2-7H2,1H3. The molecule has 0 aliphatic carbocycles. The fourth-order valence-electron chi connectivity index (χ4n) is 1.59. The number of ether oxygens (including phenoxy) is 1. The smallest absolute Gasteiger partial charge is 0.0649 e. The highest BCUT2D eigenvalue weighted by Crippen LogP contribution is 2.21. The summed E-state index contributed by atoms with van der Waals surface area (Å²) in [4.78, 5) is 0. The van der Waals surface area contributed by atoms with Gasteiger partial charge in [-0.2, -0.15) is 0 Å². The Morgan fingerprint density at radius 1 is 1.64 bits per heavy atom. The van der Waals surface area contributed by atoms with Crippen molar-refractivity contribution in [1.82, 2.24) is 5.32 Å². The zero-order chi connectivity index (χ0) is 8.16. The summed E-state index contributed by atoms with van der Waals surface area (Å²) in [5.74, 6) is 0. The van der Waals surface area contributed by atoms with E-state index in [4.69, 9.17) is 9.84 Å². The summed E-state index contributed by atoms with van der Waals surface area (Å²) in [5.41, 5.74) is 0.0486. The van der Waals surface area contributed by atoms with Gasteiger partial charge in [-0.15, -0.1) is 0 Å². The first kappa shape index (κ1) is 8.97. The molecule has 0 aromatic rings. The number of aliphatic hydroxyl groups is 1. The van der Waals surface area contributed by atoms with Gasteiger partial charge in [-0.05, 0) is 26.3 Å². The topological polar surface area (TPSA) is 41.5 Å². The molecule has 1 aliphatic rings. The maximum atomic E-state index is 8.82. The summed E-state index contributed by atoms with van der Waals surface area (Å²) in [6, 6.07) is 0. The molecule has 3 heteroatoms. The molecule has 3 nitrogen and oxygen atoms in total. The Balaban J connectivity index is 2.42. The molecule has 11 heavy (non-hydrogen) atoms. The van der Waals surface area contributed by atoms with Gasteiger partial charge in [0.15, 0.2) is 0 Å². The second-order valence-corrected chi connectivity index (χ2v) is 3.16. The van der Waals surface area contributed by atoms with Crippen LogP contribution in [0.5, 0.6) is 0 Å². The number of hydrogen-bond donors (Lipinski definition) is 2. The van der Waals surface area contributed by atoms with Gasteiger partial charge in [-0.1, -0.05) is 0 Å². The molecule has 0 amide bonds. The van der Waals surface area contributed by atoms with Crippen molar-refractivity contribution in [2.75, 3.05) is 26.9 Å².